The second-order valence-electron chi connectivity index (χ2n) is 6.18. The number of hydrogen-bond donors (Lipinski definition) is 1. The smallest absolute Gasteiger partial charge is 0.312 e. The summed E-state index contributed by atoms with van der Waals surface area (Å²) in [5, 5.41) is 9.61. The predicted molar refractivity (Wildman–Crippen MR) is 97.7 cm³/mol. The Labute approximate surface area is 157 Å². The first-order chi connectivity index (χ1) is 13.0. The number of carbonyl (C=O) groups excluding carboxylic acids is 1. The van der Waals surface area contributed by atoms with Gasteiger partial charge in [0, 0.05) is 25.2 Å². The van der Waals surface area contributed by atoms with Gasteiger partial charge in [0.2, 0.25) is 0 Å². The van der Waals surface area contributed by atoms with Gasteiger partial charge in [0.1, 0.15) is 5.75 Å². The highest BCUT2D eigenvalue weighted by Gasteiger charge is 2.34. The summed E-state index contributed by atoms with van der Waals surface area (Å²) in [4.78, 5) is 26.4. The van der Waals surface area contributed by atoms with Crippen molar-refractivity contribution in [2.75, 3.05) is 27.9 Å². The zero-order valence-electron chi connectivity index (χ0n) is 15.4. The van der Waals surface area contributed by atoms with E-state index in [1.807, 2.05) is 18.2 Å². The molecule has 142 valence electrons. The molecule has 1 amide bonds. The van der Waals surface area contributed by atoms with E-state index in [9.17, 15) is 14.7 Å². The van der Waals surface area contributed by atoms with Crippen LogP contribution in [0.4, 0.5) is 0 Å². The first kappa shape index (κ1) is 18.6. The van der Waals surface area contributed by atoms with E-state index in [0.717, 1.165) is 11.1 Å². The van der Waals surface area contributed by atoms with Crippen LogP contribution in [0.25, 0.3) is 0 Å². The van der Waals surface area contributed by atoms with Crippen molar-refractivity contribution in [3.05, 3.63) is 53.1 Å². The van der Waals surface area contributed by atoms with Crippen molar-refractivity contribution in [3.63, 3.8) is 0 Å². The minimum Gasteiger partial charge on any atom is -0.496 e. The summed E-state index contributed by atoms with van der Waals surface area (Å²) < 4.78 is 15.9. The zero-order valence-corrected chi connectivity index (χ0v) is 15.4. The first-order valence-electron chi connectivity index (χ1n) is 8.40. The maximum absolute atomic E-state index is 13.2. The van der Waals surface area contributed by atoms with Crippen molar-refractivity contribution in [1.82, 2.24) is 4.90 Å². The van der Waals surface area contributed by atoms with Crippen LogP contribution < -0.4 is 14.2 Å². The highest BCUT2D eigenvalue weighted by atomic mass is 16.5. The quantitative estimate of drug-likeness (QED) is 0.869. The monoisotopic (exact) mass is 371 g/mol. The lowest BCUT2D eigenvalue weighted by Gasteiger charge is -2.33. The third-order valence-corrected chi connectivity index (χ3v) is 4.72. The third kappa shape index (κ3) is 3.40. The fourth-order valence-electron chi connectivity index (χ4n) is 3.34. The number of rotatable bonds is 5. The van der Waals surface area contributed by atoms with Gasteiger partial charge in [0.25, 0.3) is 5.91 Å². The Kier molecular flexibility index (Phi) is 5.21. The summed E-state index contributed by atoms with van der Waals surface area (Å²) in [5.74, 6) is -0.881. The molecule has 7 heteroatoms. The standard InChI is InChI=1S/C20H21NO6/c1-25-16-9-18(27-3)17(26-2)8-14(16)19(22)21-10-12-6-4-5-7-13(12)15(11-21)20(23)24/h4-9,15H,10-11H2,1-3H3,(H,23,24). The van der Waals surface area contributed by atoms with Crippen molar-refractivity contribution in [2.24, 2.45) is 0 Å². The SMILES string of the molecule is COc1cc(OC)c(C(=O)N2Cc3ccccc3C(C(=O)O)C2)cc1OC. The van der Waals surface area contributed by atoms with Crippen LogP contribution in [0.3, 0.4) is 0 Å². The fraction of sp³-hybridized carbons (Fsp3) is 0.300. The van der Waals surface area contributed by atoms with Crippen molar-refractivity contribution >= 4 is 11.9 Å². The van der Waals surface area contributed by atoms with Crippen LogP contribution in [0.1, 0.15) is 27.4 Å². The third-order valence-electron chi connectivity index (χ3n) is 4.72. The van der Waals surface area contributed by atoms with Gasteiger partial charge in [-0.3, -0.25) is 9.59 Å². The Morgan fingerprint density at radius 2 is 1.63 bits per heavy atom. The minimum atomic E-state index is -0.959. The van der Waals surface area contributed by atoms with Gasteiger partial charge in [-0.15, -0.1) is 0 Å². The van der Waals surface area contributed by atoms with Crippen molar-refractivity contribution in [3.8, 4) is 17.2 Å². The Morgan fingerprint density at radius 1 is 1.00 bits per heavy atom. The molecule has 1 aliphatic rings. The van der Waals surface area contributed by atoms with Crippen LogP contribution in [-0.4, -0.2) is 49.8 Å². The molecule has 27 heavy (non-hydrogen) atoms. The number of methoxy groups -OCH3 is 3. The number of hydrogen-bond acceptors (Lipinski definition) is 5. The lowest BCUT2D eigenvalue weighted by Crippen LogP contribution is -2.40. The minimum absolute atomic E-state index is 0.0860. The molecular weight excluding hydrogens is 350 g/mol. The van der Waals surface area contributed by atoms with Crippen LogP contribution in [-0.2, 0) is 11.3 Å². The lowest BCUT2D eigenvalue weighted by molar-refractivity contribution is -0.139. The Bertz CT molecular complexity index is 879. The molecule has 1 atom stereocenters. The van der Waals surface area contributed by atoms with E-state index < -0.39 is 11.9 Å². The number of ether oxygens (including phenoxy) is 3. The van der Waals surface area contributed by atoms with E-state index in [-0.39, 0.29) is 12.5 Å². The molecule has 1 N–H and O–H groups in total. The Balaban J connectivity index is 2.00. The van der Waals surface area contributed by atoms with Gasteiger partial charge in [-0.25, -0.2) is 0 Å². The van der Waals surface area contributed by atoms with Gasteiger partial charge < -0.3 is 24.2 Å². The molecule has 0 saturated heterocycles. The largest absolute Gasteiger partial charge is 0.496 e. The molecule has 1 heterocycles. The molecule has 0 saturated carbocycles. The van der Waals surface area contributed by atoms with Gasteiger partial charge in [-0.2, -0.15) is 0 Å². The molecule has 0 aromatic heterocycles. The van der Waals surface area contributed by atoms with Crippen LogP contribution in [0.5, 0.6) is 17.2 Å². The molecule has 0 spiro atoms. The molecule has 1 unspecified atom stereocenters. The lowest BCUT2D eigenvalue weighted by atomic mass is 9.89. The molecule has 2 aromatic rings. The summed E-state index contributed by atoms with van der Waals surface area (Å²) in [5.41, 5.74) is 1.86. The van der Waals surface area contributed by atoms with E-state index in [2.05, 4.69) is 0 Å². The molecule has 0 radical (unpaired) electrons. The topological polar surface area (TPSA) is 85.3 Å². The molecule has 1 aliphatic heterocycles. The molecule has 0 bridgehead atoms. The van der Waals surface area contributed by atoms with Crippen LogP contribution in [0, 0.1) is 0 Å². The predicted octanol–water partition coefficient (Wildman–Crippen LogP) is 2.54. The number of carbonyl (C=O) groups is 2. The highest BCUT2D eigenvalue weighted by Crippen LogP contribution is 2.36. The summed E-state index contributed by atoms with van der Waals surface area (Å²) >= 11 is 0. The second kappa shape index (κ2) is 7.57. The molecule has 2 aromatic carbocycles. The number of aliphatic carboxylic acids is 1. The van der Waals surface area contributed by atoms with Gasteiger partial charge >= 0.3 is 5.97 Å². The van der Waals surface area contributed by atoms with Gasteiger partial charge in [0.15, 0.2) is 11.5 Å². The van der Waals surface area contributed by atoms with E-state index in [0.29, 0.717) is 29.4 Å². The molecule has 0 aliphatic carbocycles. The number of benzene rings is 2. The Hall–Kier alpha value is -3.22. The number of carboxylic acid groups (broad SMARTS) is 1. The molecular formula is C20H21NO6. The molecule has 7 nitrogen and oxygen atoms in total. The Morgan fingerprint density at radius 3 is 2.26 bits per heavy atom. The summed E-state index contributed by atoms with van der Waals surface area (Å²) in [6.07, 6.45) is 0. The van der Waals surface area contributed by atoms with Gasteiger partial charge in [-0.1, -0.05) is 24.3 Å². The maximum Gasteiger partial charge on any atom is 0.312 e. The zero-order chi connectivity index (χ0) is 19.6. The average molecular weight is 371 g/mol. The number of fused-ring (bicyclic) bond motifs is 1. The summed E-state index contributed by atoms with van der Waals surface area (Å²) in [7, 11) is 4.44. The normalized spacial score (nSPS) is 15.7. The van der Waals surface area contributed by atoms with Crippen LogP contribution in [0.2, 0.25) is 0 Å². The van der Waals surface area contributed by atoms with Crippen molar-refractivity contribution in [1.29, 1.82) is 0 Å². The van der Waals surface area contributed by atoms with Crippen molar-refractivity contribution in [2.45, 2.75) is 12.5 Å². The highest BCUT2D eigenvalue weighted by molar-refractivity contribution is 5.98. The van der Waals surface area contributed by atoms with Crippen LogP contribution in [0.15, 0.2) is 36.4 Å². The average Bonchev–Trinajstić information content (AvgIpc) is 2.71. The molecule has 0 fully saturated rings. The summed E-state index contributed by atoms with van der Waals surface area (Å²) in [6, 6.07) is 10.4. The van der Waals surface area contributed by atoms with E-state index >= 15 is 0 Å². The van der Waals surface area contributed by atoms with Crippen molar-refractivity contribution < 1.29 is 28.9 Å². The fourth-order valence-corrected chi connectivity index (χ4v) is 3.34. The summed E-state index contributed by atoms with van der Waals surface area (Å²) in [6.45, 7) is 0.416. The van der Waals surface area contributed by atoms with Gasteiger partial charge in [0.05, 0.1) is 32.8 Å². The van der Waals surface area contributed by atoms with E-state index in [1.165, 1.54) is 26.2 Å². The van der Waals surface area contributed by atoms with Crippen LogP contribution >= 0.6 is 0 Å². The first-order valence-corrected chi connectivity index (χ1v) is 8.40. The number of nitrogens with zero attached hydrogens (tertiary/aromatic N) is 1. The van der Waals surface area contributed by atoms with Gasteiger partial charge in [-0.05, 0) is 11.1 Å². The maximum atomic E-state index is 13.2. The van der Waals surface area contributed by atoms with E-state index in [1.54, 1.807) is 18.2 Å². The number of carboxylic acids is 1. The van der Waals surface area contributed by atoms with E-state index in [4.69, 9.17) is 14.2 Å². The molecule has 3 rings (SSSR count). The second-order valence-corrected chi connectivity index (χ2v) is 6.18. The number of amides is 1.